The van der Waals surface area contributed by atoms with E-state index in [-0.39, 0.29) is 11.8 Å². The average Bonchev–Trinajstić information content (AvgIpc) is 3.36. The summed E-state index contributed by atoms with van der Waals surface area (Å²) in [7, 11) is 1.61. The van der Waals surface area contributed by atoms with Gasteiger partial charge in [0.1, 0.15) is 16.7 Å². The molecule has 7 nitrogen and oxygen atoms in total. The number of likely N-dealkylation sites (tertiary alicyclic amines) is 1. The quantitative estimate of drug-likeness (QED) is 0.340. The molecular weight excluding hydrogens is 524 g/mol. The Labute approximate surface area is 246 Å². The smallest absolute Gasteiger partial charge is 0.247 e. The summed E-state index contributed by atoms with van der Waals surface area (Å²) in [4.78, 5) is 31.7. The first-order valence-corrected chi connectivity index (χ1v) is 14.3. The number of benzene rings is 4. The maximum Gasteiger partial charge on any atom is 0.247 e. The molecule has 1 N–H and O–H groups in total. The Hall–Kier alpha value is -4.83. The van der Waals surface area contributed by atoms with Crippen molar-refractivity contribution < 1.29 is 14.3 Å². The van der Waals surface area contributed by atoms with Gasteiger partial charge < -0.3 is 19.9 Å². The number of rotatable bonds is 6. The summed E-state index contributed by atoms with van der Waals surface area (Å²) >= 11 is 0. The van der Waals surface area contributed by atoms with Gasteiger partial charge in [-0.25, -0.2) is 0 Å². The zero-order chi connectivity index (χ0) is 29.3. The molecule has 2 fully saturated rings. The minimum atomic E-state index is -1.44. The van der Waals surface area contributed by atoms with Crippen molar-refractivity contribution in [1.29, 1.82) is 5.26 Å². The van der Waals surface area contributed by atoms with E-state index in [4.69, 9.17) is 4.74 Å². The molecule has 4 aromatic rings. The Morgan fingerprint density at radius 1 is 0.929 bits per heavy atom. The molecule has 7 heteroatoms. The zero-order valence-corrected chi connectivity index (χ0v) is 23.9. The highest BCUT2D eigenvalue weighted by atomic mass is 16.5. The summed E-state index contributed by atoms with van der Waals surface area (Å²) in [5, 5.41) is 15.9. The largest absolute Gasteiger partial charge is 0.496 e. The molecule has 2 aliphatic heterocycles. The SMILES string of the molecule is COc1ccccc1[C@H](c1cccc2ccccc12)[C@@](C)(C#N)C(=O)N1CCC2(CC1)C(=O)NCN2c1ccccc1. The second kappa shape index (κ2) is 10.9. The topological polar surface area (TPSA) is 85.7 Å². The van der Waals surface area contributed by atoms with Crippen LogP contribution in [0, 0.1) is 16.7 Å². The molecule has 0 unspecified atom stereocenters. The van der Waals surface area contributed by atoms with Crippen molar-refractivity contribution in [2.45, 2.75) is 31.2 Å². The van der Waals surface area contributed by atoms with Gasteiger partial charge in [0, 0.05) is 30.3 Å². The van der Waals surface area contributed by atoms with E-state index >= 15 is 0 Å². The number of piperidine rings is 1. The Morgan fingerprint density at radius 3 is 2.31 bits per heavy atom. The number of nitrogens with zero attached hydrogens (tertiary/aromatic N) is 3. The first-order chi connectivity index (χ1) is 20.4. The van der Waals surface area contributed by atoms with E-state index < -0.39 is 16.9 Å². The second-order valence-corrected chi connectivity index (χ2v) is 11.3. The number of fused-ring (bicyclic) bond motifs is 1. The molecule has 2 heterocycles. The van der Waals surface area contributed by atoms with Crippen molar-refractivity contribution in [3.05, 3.63) is 108 Å². The first-order valence-electron chi connectivity index (χ1n) is 14.3. The van der Waals surface area contributed by atoms with Crippen molar-refractivity contribution in [1.82, 2.24) is 10.2 Å². The van der Waals surface area contributed by atoms with Gasteiger partial charge in [0.2, 0.25) is 11.8 Å². The van der Waals surface area contributed by atoms with E-state index in [1.54, 1.807) is 18.9 Å². The highest BCUT2D eigenvalue weighted by Crippen LogP contribution is 2.48. The van der Waals surface area contributed by atoms with Gasteiger partial charge in [-0.1, -0.05) is 78.9 Å². The van der Waals surface area contributed by atoms with Gasteiger partial charge in [-0.15, -0.1) is 0 Å². The first kappa shape index (κ1) is 27.3. The van der Waals surface area contributed by atoms with Gasteiger partial charge in [0.15, 0.2) is 0 Å². The number of methoxy groups -OCH3 is 1. The number of ether oxygens (including phenoxy) is 1. The Balaban J connectivity index is 1.38. The fraction of sp³-hybridized carbons (Fsp3) is 0.286. The lowest BCUT2D eigenvalue weighted by Crippen LogP contribution is -2.59. The number of nitrogens with one attached hydrogen (secondary N) is 1. The van der Waals surface area contributed by atoms with Crippen LogP contribution in [-0.4, -0.2) is 49.1 Å². The number of amides is 2. The third kappa shape index (κ3) is 4.35. The standard InChI is InChI=1S/C35H34N4O3/c1-34(23-36,31(29-16-8-9-18-30(29)42-2)28-17-10-12-25-11-6-7-15-27(25)28)33(41)38-21-19-35(20-22-38)32(40)37-24-39(35)26-13-4-3-5-14-26/h3-18,31H,19-22,24H2,1-2H3,(H,37,40)/t31-,34+/m0/s1. The number of carbonyl (C=O) groups is 2. The van der Waals surface area contributed by atoms with Gasteiger partial charge in [0.05, 0.1) is 19.8 Å². The van der Waals surface area contributed by atoms with Crippen molar-refractivity contribution in [2.75, 3.05) is 31.8 Å². The monoisotopic (exact) mass is 558 g/mol. The van der Waals surface area contributed by atoms with Gasteiger partial charge in [-0.2, -0.15) is 5.26 Å². The molecule has 6 rings (SSSR count). The fourth-order valence-corrected chi connectivity index (χ4v) is 6.87. The molecular formula is C35H34N4O3. The lowest BCUT2D eigenvalue weighted by molar-refractivity contribution is -0.142. The molecule has 2 aliphatic rings. The maximum atomic E-state index is 14.6. The lowest BCUT2D eigenvalue weighted by atomic mass is 9.68. The summed E-state index contributed by atoms with van der Waals surface area (Å²) in [5.41, 5.74) is 0.491. The van der Waals surface area contributed by atoms with Crippen LogP contribution in [0.2, 0.25) is 0 Å². The zero-order valence-electron chi connectivity index (χ0n) is 23.9. The molecule has 42 heavy (non-hydrogen) atoms. The molecule has 0 aliphatic carbocycles. The van der Waals surface area contributed by atoms with Crippen LogP contribution >= 0.6 is 0 Å². The normalized spacial score (nSPS) is 18.3. The van der Waals surface area contributed by atoms with E-state index in [0.717, 1.165) is 27.6 Å². The van der Waals surface area contributed by atoms with Crippen LogP contribution in [0.1, 0.15) is 36.8 Å². The summed E-state index contributed by atoms with van der Waals surface area (Å²) in [5.74, 6) is -0.218. The molecule has 1 spiro atoms. The highest BCUT2D eigenvalue weighted by Gasteiger charge is 2.53. The molecule has 0 radical (unpaired) electrons. The van der Waals surface area contributed by atoms with Crippen molar-refractivity contribution >= 4 is 28.3 Å². The molecule has 4 aromatic carbocycles. The molecule has 212 valence electrons. The van der Waals surface area contributed by atoms with Crippen LogP contribution < -0.4 is 15.0 Å². The van der Waals surface area contributed by atoms with Gasteiger partial charge in [-0.3, -0.25) is 9.59 Å². The molecule has 0 bridgehead atoms. The Bertz CT molecular complexity index is 1670. The van der Waals surface area contributed by atoms with Crippen LogP contribution in [0.4, 0.5) is 5.69 Å². The summed E-state index contributed by atoms with van der Waals surface area (Å²) in [6, 6.07) is 34.1. The summed E-state index contributed by atoms with van der Waals surface area (Å²) in [6.45, 7) is 2.93. The number of carbonyl (C=O) groups excluding carboxylic acids is 2. The van der Waals surface area contributed by atoms with E-state index in [1.807, 2.05) is 97.1 Å². The second-order valence-electron chi connectivity index (χ2n) is 11.3. The number of anilines is 1. The third-order valence-electron chi connectivity index (χ3n) is 9.12. The fourth-order valence-electron chi connectivity index (χ4n) is 6.87. The van der Waals surface area contributed by atoms with Crippen LogP contribution in [0.25, 0.3) is 10.8 Å². The summed E-state index contributed by atoms with van der Waals surface area (Å²) < 4.78 is 5.77. The molecule has 2 atom stereocenters. The molecule has 0 saturated carbocycles. The lowest BCUT2D eigenvalue weighted by Gasteiger charge is -2.45. The molecule has 2 saturated heterocycles. The van der Waals surface area contributed by atoms with Gasteiger partial charge >= 0.3 is 0 Å². The van der Waals surface area contributed by atoms with Gasteiger partial charge in [-0.05, 0) is 54.3 Å². The minimum absolute atomic E-state index is 0.0100. The van der Waals surface area contributed by atoms with Crippen LogP contribution in [0.3, 0.4) is 0 Å². The Kier molecular flexibility index (Phi) is 7.07. The predicted molar refractivity (Wildman–Crippen MR) is 163 cm³/mol. The van der Waals surface area contributed by atoms with Crippen molar-refractivity contribution in [2.24, 2.45) is 5.41 Å². The van der Waals surface area contributed by atoms with Crippen molar-refractivity contribution in [3.8, 4) is 11.8 Å². The Morgan fingerprint density at radius 2 is 1.57 bits per heavy atom. The minimum Gasteiger partial charge on any atom is -0.496 e. The molecule has 2 amide bonds. The van der Waals surface area contributed by atoms with Crippen LogP contribution in [0.5, 0.6) is 5.75 Å². The average molecular weight is 559 g/mol. The van der Waals surface area contributed by atoms with E-state index in [2.05, 4.69) is 16.3 Å². The van der Waals surface area contributed by atoms with E-state index in [0.29, 0.717) is 38.3 Å². The van der Waals surface area contributed by atoms with E-state index in [9.17, 15) is 14.9 Å². The number of nitriles is 1. The maximum absolute atomic E-state index is 14.6. The van der Waals surface area contributed by atoms with Crippen LogP contribution in [-0.2, 0) is 9.59 Å². The number of para-hydroxylation sites is 2. The number of hydrogen-bond donors (Lipinski definition) is 1. The van der Waals surface area contributed by atoms with Crippen LogP contribution in [0.15, 0.2) is 97.1 Å². The number of hydrogen-bond acceptors (Lipinski definition) is 5. The van der Waals surface area contributed by atoms with Crippen molar-refractivity contribution in [3.63, 3.8) is 0 Å². The molecule has 0 aromatic heterocycles. The summed E-state index contributed by atoms with van der Waals surface area (Å²) in [6.07, 6.45) is 0.961. The third-order valence-corrected chi connectivity index (χ3v) is 9.12. The predicted octanol–water partition coefficient (Wildman–Crippen LogP) is 5.47. The van der Waals surface area contributed by atoms with E-state index in [1.165, 1.54) is 0 Å². The highest BCUT2D eigenvalue weighted by molar-refractivity contribution is 5.95. The van der Waals surface area contributed by atoms with Gasteiger partial charge in [0.25, 0.3) is 0 Å².